The number of hydrogen-bond acceptors (Lipinski definition) is 6. The lowest BCUT2D eigenvalue weighted by Gasteiger charge is -2.08. The Morgan fingerprint density at radius 3 is 2.87 bits per heavy atom. The van der Waals surface area contributed by atoms with Crippen LogP contribution in [-0.4, -0.2) is 27.7 Å². The predicted molar refractivity (Wildman–Crippen MR) is 90.1 cm³/mol. The van der Waals surface area contributed by atoms with Crippen molar-refractivity contribution in [1.29, 1.82) is 0 Å². The molecule has 2 aromatic carbocycles. The molecule has 0 aromatic heterocycles. The number of ether oxygens (including phenoxy) is 1. The third-order valence-electron chi connectivity index (χ3n) is 3.34. The number of amidine groups is 1. The van der Waals surface area contributed by atoms with Gasteiger partial charge < -0.3 is 15.6 Å². The Kier molecular flexibility index (Phi) is 3.75. The average molecular weight is 331 g/mol. The van der Waals surface area contributed by atoms with Gasteiger partial charge in [0.2, 0.25) is 0 Å². The lowest BCUT2D eigenvalue weighted by Crippen LogP contribution is -2.06. The summed E-state index contributed by atoms with van der Waals surface area (Å²) >= 11 is 0. The number of benzene rings is 2. The summed E-state index contributed by atoms with van der Waals surface area (Å²) in [6.07, 6.45) is 0. The Balaban J connectivity index is 2.14. The number of rotatable bonds is 3. The smallest absolute Gasteiger partial charge is 0.270 e. The first-order chi connectivity index (χ1) is 11.0. The molecule has 0 spiro atoms. The van der Waals surface area contributed by atoms with Crippen molar-refractivity contribution >= 4 is 32.4 Å². The second kappa shape index (κ2) is 5.73. The highest BCUT2D eigenvalue weighted by Crippen LogP contribution is 2.44. The Morgan fingerprint density at radius 1 is 1.39 bits per heavy atom. The molecule has 8 heteroatoms. The first-order valence-electron chi connectivity index (χ1n) is 6.58. The van der Waals surface area contributed by atoms with Crippen LogP contribution in [0.1, 0.15) is 5.56 Å². The van der Waals surface area contributed by atoms with E-state index in [0.717, 1.165) is 0 Å². The molecule has 2 aromatic rings. The molecule has 0 saturated heterocycles. The van der Waals surface area contributed by atoms with E-state index in [1.54, 1.807) is 29.6 Å². The number of nitrogens with two attached hydrogens (primary N) is 1. The largest absolute Gasteiger partial charge is 0.504 e. The maximum atomic E-state index is 11.0. The van der Waals surface area contributed by atoms with Crippen molar-refractivity contribution in [2.24, 2.45) is 10.7 Å². The zero-order chi connectivity index (χ0) is 16.6. The first kappa shape index (κ1) is 15.0. The molecule has 0 radical (unpaired) electrons. The summed E-state index contributed by atoms with van der Waals surface area (Å²) in [4.78, 5) is 15.4. The standard InChI is InChI=1S/C15H13N3O4S/c1-22-12-4-2-3-9(14(12)19)8-23-13-7-10(18(20)21)5-6-11(13)17-15(23)16/h2-8,19H,1H3,(H2,16,17). The van der Waals surface area contributed by atoms with Crippen molar-refractivity contribution in [1.82, 2.24) is 0 Å². The van der Waals surface area contributed by atoms with Crippen LogP contribution in [0.3, 0.4) is 0 Å². The number of nitro groups is 1. The molecule has 0 saturated carbocycles. The molecule has 3 rings (SSSR count). The van der Waals surface area contributed by atoms with Crippen LogP contribution >= 0.6 is 10.5 Å². The molecular weight excluding hydrogens is 318 g/mol. The average Bonchev–Trinajstić information content (AvgIpc) is 2.84. The summed E-state index contributed by atoms with van der Waals surface area (Å²) < 4.78 is 5.08. The van der Waals surface area contributed by atoms with Gasteiger partial charge in [-0.15, -0.1) is 0 Å². The van der Waals surface area contributed by atoms with Gasteiger partial charge in [0, 0.05) is 22.6 Å². The van der Waals surface area contributed by atoms with Crippen molar-refractivity contribution in [2.45, 2.75) is 4.90 Å². The topological polar surface area (TPSA) is 111 Å². The Bertz CT molecular complexity index is 877. The molecule has 0 fully saturated rings. The van der Waals surface area contributed by atoms with Crippen LogP contribution in [-0.2, 0) is 0 Å². The predicted octanol–water partition coefficient (Wildman–Crippen LogP) is 2.75. The molecule has 23 heavy (non-hydrogen) atoms. The molecule has 1 aliphatic heterocycles. The Morgan fingerprint density at radius 2 is 2.17 bits per heavy atom. The van der Waals surface area contributed by atoms with Crippen LogP contribution in [0.5, 0.6) is 11.5 Å². The number of phenolic OH excluding ortho intramolecular Hbond substituents is 1. The van der Waals surface area contributed by atoms with Gasteiger partial charge in [0.25, 0.3) is 5.69 Å². The molecule has 7 nitrogen and oxygen atoms in total. The number of non-ortho nitro benzene ring substituents is 1. The number of fused-ring (bicyclic) bond motifs is 1. The van der Waals surface area contributed by atoms with Gasteiger partial charge in [-0.1, -0.05) is 22.6 Å². The maximum Gasteiger partial charge on any atom is 0.270 e. The van der Waals surface area contributed by atoms with Gasteiger partial charge in [-0.05, 0) is 17.5 Å². The van der Waals surface area contributed by atoms with Crippen LogP contribution in [0.2, 0.25) is 0 Å². The summed E-state index contributed by atoms with van der Waals surface area (Å²) in [6, 6.07) is 9.53. The Hall–Kier alpha value is -2.87. The number of nitro benzene ring substituents is 1. The number of hydrogen-bond donors (Lipinski definition) is 2. The first-order valence-corrected chi connectivity index (χ1v) is 7.86. The molecule has 1 aliphatic rings. The van der Waals surface area contributed by atoms with Gasteiger partial charge in [0.15, 0.2) is 16.7 Å². The molecule has 0 amide bonds. The van der Waals surface area contributed by atoms with Crippen LogP contribution in [0.25, 0.3) is 0 Å². The van der Waals surface area contributed by atoms with Gasteiger partial charge in [-0.3, -0.25) is 10.1 Å². The fraction of sp³-hybridized carbons (Fsp3) is 0.0667. The number of aliphatic imine (C=N–C) groups is 1. The summed E-state index contributed by atoms with van der Waals surface area (Å²) in [5.74, 6) is 0.338. The fourth-order valence-corrected chi connectivity index (χ4v) is 3.92. The SMILES string of the molecule is COc1cccc(C=S2C(N)=Nc3ccc([N+](=O)[O-])cc32)c1O. The van der Waals surface area contributed by atoms with E-state index in [2.05, 4.69) is 4.99 Å². The van der Waals surface area contributed by atoms with E-state index in [1.165, 1.54) is 19.2 Å². The van der Waals surface area contributed by atoms with E-state index in [-0.39, 0.29) is 11.4 Å². The van der Waals surface area contributed by atoms with Crippen LogP contribution in [0.4, 0.5) is 11.4 Å². The van der Waals surface area contributed by atoms with Crippen molar-refractivity contribution in [3.63, 3.8) is 0 Å². The van der Waals surface area contributed by atoms with E-state index < -0.39 is 15.4 Å². The highest BCUT2D eigenvalue weighted by Gasteiger charge is 2.21. The second-order valence-corrected chi connectivity index (χ2v) is 6.48. The third-order valence-corrected chi connectivity index (χ3v) is 5.17. The van der Waals surface area contributed by atoms with E-state index in [0.29, 0.717) is 27.1 Å². The number of nitrogens with zero attached hydrogens (tertiary/aromatic N) is 2. The second-order valence-electron chi connectivity index (χ2n) is 4.71. The third kappa shape index (κ3) is 2.64. The summed E-state index contributed by atoms with van der Waals surface area (Å²) in [5.41, 5.74) is 7.09. The van der Waals surface area contributed by atoms with Gasteiger partial charge >= 0.3 is 0 Å². The minimum Gasteiger partial charge on any atom is -0.504 e. The number of para-hydroxylation sites is 1. The molecule has 1 atom stereocenters. The zero-order valence-corrected chi connectivity index (χ0v) is 12.9. The van der Waals surface area contributed by atoms with E-state index >= 15 is 0 Å². The summed E-state index contributed by atoms with van der Waals surface area (Å²) in [6.45, 7) is 0. The summed E-state index contributed by atoms with van der Waals surface area (Å²) in [7, 11) is 0.701. The number of aromatic hydroxyl groups is 1. The van der Waals surface area contributed by atoms with Gasteiger partial charge in [0.05, 0.1) is 17.7 Å². The van der Waals surface area contributed by atoms with Crippen LogP contribution in [0, 0.1) is 10.1 Å². The number of phenols is 1. The normalized spacial score (nSPS) is 16.0. The van der Waals surface area contributed by atoms with E-state index in [1.807, 2.05) is 0 Å². The lowest BCUT2D eigenvalue weighted by molar-refractivity contribution is -0.385. The van der Waals surface area contributed by atoms with E-state index in [4.69, 9.17) is 10.5 Å². The van der Waals surface area contributed by atoms with Crippen LogP contribution < -0.4 is 10.5 Å². The maximum absolute atomic E-state index is 11.0. The van der Waals surface area contributed by atoms with E-state index in [9.17, 15) is 15.2 Å². The molecule has 0 aliphatic carbocycles. The van der Waals surface area contributed by atoms with Crippen molar-refractivity contribution < 1.29 is 14.8 Å². The minimum absolute atomic E-state index is 0.00539. The molecule has 1 unspecified atom stereocenters. The van der Waals surface area contributed by atoms with Crippen LogP contribution in [0.15, 0.2) is 46.3 Å². The molecule has 0 bridgehead atoms. The van der Waals surface area contributed by atoms with Gasteiger partial charge in [0.1, 0.15) is 0 Å². The molecule has 3 N–H and O–H groups in total. The number of methoxy groups -OCH3 is 1. The Labute approximate surface area is 134 Å². The van der Waals surface area contributed by atoms with Crippen molar-refractivity contribution in [3.05, 3.63) is 52.1 Å². The van der Waals surface area contributed by atoms with Gasteiger partial charge in [-0.25, -0.2) is 4.99 Å². The molecule has 1 heterocycles. The van der Waals surface area contributed by atoms with Gasteiger partial charge in [-0.2, -0.15) is 0 Å². The van der Waals surface area contributed by atoms with Crippen molar-refractivity contribution in [2.75, 3.05) is 7.11 Å². The highest BCUT2D eigenvalue weighted by molar-refractivity contribution is 8.28. The van der Waals surface area contributed by atoms with Crippen molar-refractivity contribution in [3.8, 4) is 11.5 Å². The molecular formula is C15H13N3O4S. The monoisotopic (exact) mass is 331 g/mol. The highest BCUT2D eigenvalue weighted by atomic mass is 32.2. The zero-order valence-electron chi connectivity index (χ0n) is 12.1. The fourth-order valence-electron chi connectivity index (χ4n) is 2.22. The lowest BCUT2D eigenvalue weighted by atomic mass is 10.2. The molecule has 118 valence electrons. The minimum atomic E-state index is -0.763. The quantitative estimate of drug-likeness (QED) is 0.510. The summed E-state index contributed by atoms with van der Waals surface area (Å²) in [5, 5.41) is 23.2.